The van der Waals surface area contributed by atoms with E-state index in [1.54, 1.807) is 0 Å². The Balaban J connectivity index is 1.50. The van der Waals surface area contributed by atoms with Gasteiger partial charge in [-0.15, -0.1) is 0 Å². The molecule has 0 atom stereocenters. The first-order valence-electron chi connectivity index (χ1n) is 7.02. The third-order valence-electron chi connectivity index (χ3n) is 4.01. The standard InChI is InChI=1S/C15H22N2O/c16-14-7-12(8-14)10-17-9-11-3-4-15-13(6-11)2-1-5-18-15/h3-4,6,12,14,17H,1-2,5,7-10,16H2. The number of fused-ring (bicyclic) bond motifs is 1. The highest BCUT2D eigenvalue weighted by Crippen LogP contribution is 2.26. The molecule has 0 spiro atoms. The fourth-order valence-electron chi connectivity index (χ4n) is 2.90. The summed E-state index contributed by atoms with van der Waals surface area (Å²) in [4.78, 5) is 0. The zero-order chi connectivity index (χ0) is 12.4. The Morgan fingerprint density at radius 1 is 1.33 bits per heavy atom. The van der Waals surface area contributed by atoms with Crippen LogP contribution in [0.4, 0.5) is 0 Å². The lowest BCUT2D eigenvalue weighted by molar-refractivity contribution is 0.256. The molecule has 3 nitrogen and oxygen atoms in total. The largest absolute Gasteiger partial charge is 0.493 e. The van der Waals surface area contributed by atoms with E-state index in [1.807, 2.05) is 0 Å². The molecule has 1 saturated carbocycles. The highest BCUT2D eigenvalue weighted by molar-refractivity contribution is 5.38. The number of aryl methyl sites for hydroxylation is 1. The SMILES string of the molecule is NC1CC(CNCc2ccc3c(c2)CCCO3)C1. The quantitative estimate of drug-likeness (QED) is 0.852. The first kappa shape index (κ1) is 12.0. The Labute approximate surface area is 109 Å². The maximum absolute atomic E-state index is 5.79. The van der Waals surface area contributed by atoms with Gasteiger partial charge in [0.05, 0.1) is 6.61 Å². The fourth-order valence-corrected chi connectivity index (χ4v) is 2.90. The van der Waals surface area contributed by atoms with Crippen molar-refractivity contribution in [3.63, 3.8) is 0 Å². The van der Waals surface area contributed by atoms with Crippen molar-refractivity contribution < 1.29 is 4.74 Å². The predicted molar refractivity (Wildman–Crippen MR) is 72.7 cm³/mol. The Morgan fingerprint density at radius 3 is 3.06 bits per heavy atom. The molecule has 0 radical (unpaired) electrons. The van der Waals surface area contributed by atoms with Gasteiger partial charge < -0.3 is 15.8 Å². The lowest BCUT2D eigenvalue weighted by atomic mass is 9.81. The van der Waals surface area contributed by atoms with E-state index in [0.29, 0.717) is 6.04 Å². The lowest BCUT2D eigenvalue weighted by Gasteiger charge is -2.32. The van der Waals surface area contributed by atoms with Crippen LogP contribution >= 0.6 is 0 Å². The van der Waals surface area contributed by atoms with Gasteiger partial charge in [0, 0.05) is 12.6 Å². The van der Waals surface area contributed by atoms with Crippen LogP contribution in [0.3, 0.4) is 0 Å². The van der Waals surface area contributed by atoms with Crippen LogP contribution in [0.5, 0.6) is 5.75 Å². The summed E-state index contributed by atoms with van der Waals surface area (Å²) in [5.41, 5.74) is 8.52. The monoisotopic (exact) mass is 246 g/mol. The van der Waals surface area contributed by atoms with Crippen LogP contribution in [0.25, 0.3) is 0 Å². The van der Waals surface area contributed by atoms with Crippen molar-refractivity contribution in [1.82, 2.24) is 5.32 Å². The van der Waals surface area contributed by atoms with Crippen LogP contribution in [0.15, 0.2) is 18.2 Å². The Hall–Kier alpha value is -1.06. The van der Waals surface area contributed by atoms with Gasteiger partial charge in [-0.2, -0.15) is 0 Å². The van der Waals surface area contributed by atoms with Gasteiger partial charge in [-0.05, 0) is 55.3 Å². The first-order valence-corrected chi connectivity index (χ1v) is 7.02. The third kappa shape index (κ3) is 2.68. The van der Waals surface area contributed by atoms with Crippen molar-refractivity contribution in [2.24, 2.45) is 11.7 Å². The van der Waals surface area contributed by atoms with Crippen molar-refractivity contribution in [2.45, 2.75) is 38.3 Å². The van der Waals surface area contributed by atoms with E-state index < -0.39 is 0 Å². The van der Waals surface area contributed by atoms with Gasteiger partial charge in [0.25, 0.3) is 0 Å². The molecule has 98 valence electrons. The van der Waals surface area contributed by atoms with Crippen LogP contribution in [0.2, 0.25) is 0 Å². The highest BCUT2D eigenvalue weighted by atomic mass is 16.5. The molecular weight excluding hydrogens is 224 g/mol. The van der Waals surface area contributed by atoms with Gasteiger partial charge in [-0.3, -0.25) is 0 Å². The van der Waals surface area contributed by atoms with E-state index in [2.05, 4.69) is 23.5 Å². The number of hydrogen-bond donors (Lipinski definition) is 2. The first-order chi connectivity index (χ1) is 8.81. The summed E-state index contributed by atoms with van der Waals surface area (Å²) in [7, 11) is 0. The summed E-state index contributed by atoms with van der Waals surface area (Å²) < 4.78 is 5.63. The van der Waals surface area contributed by atoms with E-state index >= 15 is 0 Å². The third-order valence-corrected chi connectivity index (χ3v) is 4.01. The number of hydrogen-bond acceptors (Lipinski definition) is 3. The molecule has 3 N–H and O–H groups in total. The summed E-state index contributed by atoms with van der Waals surface area (Å²) >= 11 is 0. The number of nitrogens with one attached hydrogen (secondary N) is 1. The molecule has 0 saturated heterocycles. The van der Waals surface area contributed by atoms with Crippen LogP contribution in [-0.2, 0) is 13.0 Å². The second kappa shape index (κ2) is 5.29. The molecular formula is C15H22N2O. The van der Waals surface area contributed by atoms with Crippen molar-refractivity contribution in [3.05, 3.63) is 29.3 Å². The molecule has 1 aromatic carbocycles. The van der Waals surface area contributed by atoms with E-state index in [-0.39, 0.29) is 0 Å². The van der Waals surface area contributed by atoms with Crippen molar-refractivity contribution in [2.75, 3.05) is 13.2 Å². The maximum atomic E-state index is 5.79. The second-order valence-corrected chi connectivity index (χ2v) is 5.62. The molecule has 3 rings (SSSR count). The summed E-state index contributed by atoms with van der Waals surface area (Å²) in [6.07, 6.45) is 4.67. The van der Waals surface area contributed by atoms with Gasteiger partial charge in [-0.25, -0.2) is 0 Å². The number of ether oxygens (including phenoxy) is 1. The Bertz CT molecular complexity index is 413. The predicted octanol–water partition coefficient (Wildman–Crippen LogP) is 1.84. The van der Waals surface area contributed by atoms with Gasteiger partial charge in [0.2, 0.25) is 0 Å². The van der Waals surface area contributed by atoms with E-state index in [1.165, 1.54) is 24.0 Å². The van der Waals surface area contributed by atoms with Crippen LogP contribution in [0, 0.1) is 5.92 Å². The lowest BCUT2D eigenvalue weighted by Crippen LogP contribution is -2.41. The smallest absolute Gasteiger partial charge is 0.122 e. The van der Waals surface area contributed by atoms with E-state index in [0.717, 1.165) is 44.2 Å². The molecule has 1 heterocycles. The van der Waals surface area contributed by atoms with Crippen LogP contribution in [-0.4, -0.2) is 19.2 Å². The summed E-state index contributed by atoms with van der Waals surface area (Å²) in [6, 6.07) is 7.03. The summed E-state index contributed by atoms with van der Waals surface area (Å²) in [5.74, 6) is 1.87. The normalized spacial score (nSPS) is 26.1. The molecule has 1 aromatic rings. The van der Waals surface area contributed by atoms with Crippen LogP contribution in [0.1, 0.15) is 30.4 Å². The summed E-state index contributed by atoms with van der Waals surface area (Å²) in [5, 5.41) is 3.53. The molecule has 1 fully saturated rings. The zero-order valence-electron chi connectivity index (χ0n) is 10.8. The van der Waals surface area contributed by atoms with Crippen molar-refractivity contribution >= 4 is 0 Å². The molecule has 1 aliphatic carbocycles. The minimum atomic E-state index is 0.456. The minimum Gasteiger partial charge on any atom is -0.493 e. The Kier molecular flexibility index (Phi) is 3.52. The second-order valence-electron chi connectivity index (χ2n) is 5.62. The topological polar surface area (TPSA) is 47.3 Å². The van der Waals surface area contributed by atoms with Gasteiger partial charge in [0.15, 0.2) is 0 Å². The molecule has 2 aliphatic rings. The van der Waals surface area contributed by atoms with Gasteiger partial charge >= 0.3 is 0 Å². The molecule has 0 amide bonds. The fraction of sp³-hybridized carbons (Fsp3) is 0.600. The van der Waals surface area contributed by atoms with Crippen molar-refractivity contribution in [1.29, 1.82) is 0 Å². The zero-order valence-corrected chi connectivity index (χ0v) is 10.8. The summed E-state index contributed by atoms with van der Waals surface area (Å²) in [6.45, 7) is 2.92. The van der Waals surface area contributed by atoms with Gasteiger partial charge in [-0.1, -0.05) is 12.1 Å². The molecule has 0 aromatic heterocycles. The van der Waals surface area contributed by atoms with Crippen LogP contribution < -0.4 is 15.8 Å². The molecule has 0 unspecified atom stereocenters. The van der Waals surface area contributed by atoms with Gasteiger partial charge in [0.1, 0.15) is 5.75 Å². The average molecular weight is 246 g/mol. The maximum Gasteiger partial charge on any atom is 0.122 e. The Morgan fingerprint density at radius 2 is 2.22 bits per heavy atom. The number of rotatable bonds is 4. The molecule has 3 heteroatoms. The number of nitrogens with two attached hydrogens (primary N) is 1. The molecule has 0 bridgehead atoms. The molecule has 18 heavy (non-hydrogen) atoms. The minimum absolute atomic E-state index is 0.456. The van der Waals surface area contributed by atoms with E-state index in [9.17, 15) is 0 Å². The average Bonchev–Trinajstić information content (AvgIpc) is 2.36. The number of benzene rings is 1. The molecule has 1 aliphatic heterocycles. The highest BCUT2D eigenvalue weighted by Gasteiger charge is 2.24. The van der Waals surface area contributed by atoms with Crippen molar-refractivity contribution in [3.8, 4) is 5.75 Å². The van der Waals surface area contributed by atoms with E-state index in [4.69, 9.17) is 10.5 Å².